The van der Waals surface area contributed by atoms with Crippen LogP contribution >= 0.6 is 0 Å². The Balaban J connectivity index is 1.59. The van der Waals surface area contributed by atoms with Crippen molar-refractivity contribution in [2.75, 3.05) is 27.9 Å². The van der Waals surface area contributed by atoms with Crippen LogP contribution in [-0.2, 0) is 19.4 Å². The highest BCUT2D eigenvalue weighted by molar-refractivity contribution is 5.96. The quantitative estimate of drug-likeness (QED) is 0.641. The van der Waals surface area contributed by atoms with Crippen molar-refractivity contribution in [3.05, 3.63) is 45.4 Å². The zero-order chi connectivity index (χ0) is 22.7. The van der Waals surface area contributed by atoms with Crippen molar-refractivity contribution in [3.8, 4) is 17.2 Å². The number of aromatic nitrogens is 2. The number of methoxy groups -OCH3 is 3. The van der Waals surface area contributed by atoms with E-state index in [2.05, 4.69) is 5.10 Å². The predicted octanol–water partition coefficient (Wildman–Crippen LogP) is 2.84. The molecule has 0 radical (unpaired) electrons. The lowest BCUT2D eigenvalue weighted by molar-refractivity contribution is 0.0719. The summed E-state index contributed by atoms with van der Waals surface area (Å²) in [6.45, 7) is 1.04. The Morgan fingerprint density at radius 3 is 2.41 bits per heavy atom. The zero-order valence-electron chi connectivity index (χ0n) is 19.1. The molecule has 32 heavy (non-hydrogen) atoms. The summed E-state index contributed by atoms with van der Waals surface area (Å²) in [4.78, 5) is 28.0. The lowest BCUT2D eigenvalue weighted by Crippen LogP contribution is -2.41. The van der Waals surface area contributed by atoms with Crippen LogP contribution in [-0.4, -0.2) is 54.5 Å². The first-order valence-corrected chi connectivity index (χ1v) is 11.3. The number of fused-ring (bicyclic) bond motifs is 1. The summed E-state index contributed by atoms with van der Waals surface area (Å²) in [7, 11) is 4.59. The number of hydrogen-bond donors (Lipinski definition) is 0. The van der Waals surface area contributed by atoms with E-state index in [1.807, 2.05) is 4.90 Å². The minimum Gasteiger partial charge on any atom is -0.493 e. The van der Waals surface area contributed by atoms with E-state index in [0.29, 0.717) is 35.9 Å². The minimum absolute atomic E-state index is 0.0854. The molecule has 1 fully saturated rings. The van der Waals surface area contributed by atoms with Gasteiger partial charge in [-0.25, -0.2) is 4.68 Å². The Hall–Kier alpha value is -3.03. The fourth-order valence-corrected chi connectivity index (χ4v) is 4.77. The first-order valence-electron chi connectivity index (χ1n) is 11.3. The number of rotatable bonds is 6. The summed E-state index contributed by atoms with van der Waals surface area (Å²) in [6.07, 6.45) is 6.94. The second-order valence-corrected chi connectivity index (χ2v) is 8.41. The van der Waals surface area contributed by atoms with Gasteiger partial charge < -0.3 is 19.1 Å². The summed E-state index contributed by atoms with van der Waals surface area (Å²) in [6, 6.07) is 5.00. The molecule has 2 heterocycles. The molecule has 4 rings (SSSR count). The largest absolute Gasteiger partial charge is 0.493 e. The maximum atomic E-state index is 13.4. The summed E-state index contributed by atoms with van der Waals surface area (Å²) >= 11 is 0. The number of nitrogens with zero attached hydrogens (tertiary/aromatic N) is 3. The lowest BCUT2D eigenvalue weighted by atomic mass is 10.1. The van der Waals surface area contributed by atoms with Crippen molar-refractivity contribution in [2.45, 2.75) is 57.5 Å². The maximum Gasteiger partial charge on any atom is 0.267 e. The number of carbonyl (C=O) groups is 1. The van der Waals surface area contributed by atoms with E-state index >= 15 is 0 Å². The molecule has 1 amide bonds. The van der Waals surface area contributed by atoms with Gasteiger partial charge in [-0.05, 0) is 56.2 Å². The maximum absolute atomic E-state index is 13.4. The number of carbonyl (C=O) groups excluding carboxylic acids is 1. The Labute approximate surface area is 188 Å². The van der Waals surface area contributed by atoms with Crippen LogP contribution in [0.25, 0.3) is 0 Å². The molecule has 8 nitrogen and oxygen atoms in total. The summed E-state index contributed by atoms with van der Waals surface area (Å²) in [5, 5.41) is 4.69. The van der Waals surface area contributed by atoms with Gasteiger partial charge in [-0.1, -0.05) is 6.42 Å². The average molecular weight is 442 g/mol. The predicted molar refractivity (Wildman–Crippen MR) is 120 cm³/mol. The first kappa shape index (κ1) is 22.2. The second-order valence-electron chi connectivity index (χ2n) is 8.41. The number of likely N-dealkylation sites (tertiary alicyclic amines) is 1. The monoisotopic (exact) mass is 441 g/mol. The number of amides is 1. The molecule has 1 saturated heterocycles. The topological polar surface area (TPSA) is 82.9 Å². The average Bonchev–Trinajstić information content (AvgIpc) is 3.15. The van der Waals surface area contributed by atoms with E-state index in [4.69, 9.17) is 14.2 Å². The van der Waals surface area contributed by atoms with Crippen LogP contribution in [0.3, 0.4) is 0 Å². The van der Waals surface area contributed by atoms with Crippen LogP contribution in [0.4, 0.5) is 0 Å². The fraction of sp³-hybridized carbons (Fsp3) is 0.542. The third-order valence-electron chi connectivity index (χ3n) is 6.46. The van der Waals surface area contributed by atoms with E-state index in [9.17, 15) is 9.59 Å². The van der Waals surface area contributed by atoms with Gasteiger partial charge in [0, 0.05) is 18.2 Å². The van der Waals surface area contributed by atoms with Crippen molar-refractivity contribution in [2.24, 2.45) is 0 Å². The van der Waals surface area contributed by atoms with Gasteiger partial charge in [0.1, 0.15) is 0 Å². The number of aryl methyl sites for hydroxylation is 2. The molecule has 2 aromatic rings. The Bertz CT molecular complexity index is 1020. The van der Waals surface area contributed by atoms with Crippen LogP contribution in [0.15, 0.2) is 23.0 Å². The van der Waals surface area contributed by atoms with E-state index in [1.165, 1.54) is 27.8 Å². The van der Waals surface area contributed by atoms with Crippen LogP contribution in [0.1, 0.15) is 53.7 Å². The van der Waals surface area contributed by atoms with Crippen molar-refractivity contribution in [1.82, 2.24) is 14.7 Å². The highest BCUT2D eigenvalue weighted by Gasteiger charge is 2.31. The molecule has 1 aliphatic carbocycles. The molecule has 2 aliphatic rings. The first-order chi connectivity index (χ1) is 15.5. The summed E-state index contributed by atoms with van der Waals surface area (Å²) in [5.74, 6) is 1.21. The van der Waals surface area contributed by atoms with Gasteiger partial charge in [0.05, 0.1) is 39.6 Å². The molecule has 0 unspecified atom stereocenters. The molecule has 1 aliphatic heterocycles. The van der Waals surface area contributed by atoms with Crippen LogP contribution in [0.2, 0.25) is 0 Å². The Kier molecular flexibility index (Phi) is 6.67. The molecule has 8 heteroatoms. The minimum atomic E-state index is -0.116. The van der Waals surface area contributed by atoms with Gasteiger partial charge in [-0.2, -0.15) is 5.10 Å². The number of benzene rings is 1. The third-order valence-corrected chi connectivity index (χ3v) is 6.46. The molecule has 0 N–H and O–H groups in total. The van der Waals surface area contributed by atoms with E-state index < -0.39 is 0 Å². The van der Waals surface area contributed by atoms with Crippen LogP contribution in [0, 0.1) is 0 Å². The number of hydrogen-bond acceptors (Lipinski definition) is 6. The Morgan fingerprint density at radius 1 is 1.00 bits per heavy atom. The molecule has 1 aromatic carbocycles. The van der Waals surface area contributed by atoms with Gasteiger partial charge >= 0.3 is 0 Å². The van der Waals surface area contributed by atoms with Crippen LogP contribution < -0.4 is 19.8 Å². The van der Waals surface area contributed by atoms with E-state index in [-0.39, 0.29) is 17.5 Å². The van der Waals surface area contributed by atoms with E-state index in [0.717, 1.165) is 49.8 Å². The van der Waals surface area contributed by atoms with Crippen molar-refractivity contribution >= 4 is 5.91 Å². The summed E-state index contributed by atoms with van der Waals surface area (Å²) in [5.41, 5.74) is 2.49. The zero-order valence-corrected chi connectivity index (χ0v) is 19.1. The second kappa shape index (κ2) is 9.63. The molecule has 0 bridgehead atoms. The third kappa shape index (κ3) is 4.31. The van der Waals surface area contributed by atoms with Crippen molar-refractivity contribution in [3.63, 3.8) is 0 Å². The van der Waals surface area contributed by atoms with Crippen LogP contribution in [0.5, 0.6) is 17.2 Å². The molecule has 0 spiro atoms. The number of ether oxygens (including phenoxy) is 3. The van der Waals surface area contributed by atoms with Gasteiger partial charge in [-0.15, -0.1) is 0 Å². The lowest BCUT2D eigenvalue weighted by Gasteiger charge is -2.26. The van der Waals surface area contributed by atoms with Crippen molar-refractivity contribution < 1.29 is 19.0 Å². The fourth-order valence-electron chi connectivity index (χ4n) is 4.77. The highest BCUT2D eigenvalue weighted by Crippen LogP contribution is 2.39. The molecule has 172 valence electrons. The molecular formula is C24H31N3O5. The van der Waals surface area contributed by atoms with Crippen molar-refractivity contribution in [1.29, 1.82) is 0 Å². The smallest absolute Gasteiger partial charge is 0.267 e. The molecular weight excluding hydrogens is 410 g/mol. The Morgan fingerprint density at radius 2 is 1.72 bits per heavy atom. The molecule has 0 saturated carbocycles. The highest BCUT2D eigenvalue weighted by atomic mass is 16.5. The van der Waals surface area contributed by atoms with Gasteiger partial charge in [0.15, 0.2) is 11.5 Å². The standard InChI is InChI=1S/C24H31N3O5/c1-30-20-12-17(13-21(31-2)23(20)32-3)24(29)26-11-7-9-18(26)15-27-22(28)14-16-8-5-4-6-10-19(16)25-27/h12-14,18H,4-11,15H2,1-3H3/t18-/m0/s1. The SMILES string of the molecule is COc1cc(C(=O)N2CCC[C@H]2Cn2nc3c(cc2=O)CCCCC3)cc(OC)c1OC. The normalized spacial score (nSPS) is 18.1. The van der Waals surface area contributed by atoms with Gasteiger partial charge in [0.2, 0.25) is 5.75 Å². The summed E-state index contributed by atoms with van der Waals surface area (Å²) < 4.78 is 17.7. The van der Waals surface area contributed by atoms with Gasteiger partial charge in [-0.3, -0.25) is 9.59 Å². The molecule has 1 aromatic heterocycles. The molecule has 1 atom stereocenters. The van der Waals surface area contributed by atoms with Gasteiger partial charge in [0.25, 0.3) is 11.5 Å². The van der Waals surface area contributed by atoms with E-state index in [1.54, 1.807) is 22.9 Å².